The Kier molecular flexibility index (Phi) is 7.65. The lowest BCUT2D eigenvalue weighted by Gasteiger charge is -2.13. The van der Waals surface area contributed by atoms with Gasteiger partial charge in [-0.05, 0) is 12.8 Å². The van der Waals surface area contributed by atoms with Crippen molar-refractivity contribution < 1.29 is 5.11 Å². The summed E-state index contributed by atoms with van der Waals surface area (Å²) in [7, 11) is 0. The minimum absolute atomic E-state index is 0.0800. The third kappa shape index (κ3) is 5.17. The number of rotatable bonds is 10. The number of hydrogen-bond donors (Lipinski definition) is 1. The van der Waals surface area contributed by atoms with Crippen LogP contribution in [0.2, 0.25) is 0 Å². The normalized spacial score (nSPS) is 12.8. The Hall–Kier alpha value is -0.900. The van der Waals surface area contributed by atoms with Gasteiger partial charge in [-0.1, -0.05) is 57.6 Å². The number of aromatic nitrogens is 3. The predicted octanol–water partition coefficient (Wildman–Crippen LogP) is 3.47. The molecule has 0 fully saturated rings. The number of nitrogens with zero attached hydrogens (tertiary/aromatic N) is 3. The van der Waals surface area contributed by atoms with Crippen LogP contribution in [0.3, 0.4) is 0 Å². The van der Waals surface area contributed by atoms with Crippen molar-refractivity contribution in [3.05, 3.63) is 11.9 Å². The summed E-state index contributed by atoms with van der Waals surface area (Å²) in [6, 6.07) is 0. The van der Waals surface area contributed by atoms with E-state index in [0.717, 1.165) is 5.69 Å². The van der Waals surface area contributed by atoms with Crippen LogP contribution >= 0.6 is 0 Å². The van der Waals surface area contributed by atoms with E-state index in [1.165, 1.54) is 56.0 Å². The zero-order valence-corrected chi connectivity index (χ0v) is 11.8. The summed E-state index contributed by atoms with van der Waals surface area (Å²) < 4.78 is 1.50. The zero-order valence-electron chi connectivity index (χ0n) is 11.8. The highest BCUT2D eigenvalue weighted by atomic mass is 16.3. The number of aliphatic hydroxyl groups excluding tert-OH is 1. The van der Waals surface area contributed by atoms with Crippen molar-refractivity contribution in [2.45, 2.75) is 77.9 Å². The lowest BCUT2D eigenvalue weighted by molar-refractivity contribution is 0.192. The van der Waals surface area contributed by atoms with Gasteiger partial charge in [0.1, 0.15) is 6.73 Å². The van der Waals surface area contributed by atoms with Gasteiger partial charge in [-0.3, -0.25) is 0 Å². The molecule has 4 nitrogen and oxygen atoms in total. The van der Waals surface area contributed by atoms with E-state index >= 15 is 0 Å². The van der Waals surface area contributed by atoms with Crippen molar-refractivity contribution >= 4 is 0 Å². The first-order chi connectivity index (χ1) is 8.81. The second kappa shape index (κ2) is 9.09. The van der Waals surface area contributed by atoms with Crippen LogP contribution in [-0.2, 0) is 6.73 Å². The van der Waals surface area contributed by atoms with Crippen LogP contribution in [0.15, 0.2) is 6.20 Å². The zero-order chi connectivity index (χ0) is 13.2. The third-order valence-corrected chi connectivity index (χ3v) is 3.43. The maximum atomic E-state index is 9.02. The molecule has 0 amide bonds. The van der Waals surface area contributed by atoms with Gasteiger partial charge in [0.25, 0.3) is 0 Å². The first-order valence-corrected chi connectivity index (χ1v) is 7.32. The predicted molar refractivity (Wildman–Crippen MR) is 73.3 cm³/mol. The standard InChI is InChI=1S/C14H27N3O/c1-3-5-7-8-10-13(9-6-4-2)14-11-17(12-18)16-15-14/h11,13,18H,3-10,12H2,1-2H3. The number of unbranched alkanes of at least 4 members (excludes halogenated alkanes) is 4. The van der Waals surface area contributed by atoms with Crippen LogP contribution in [0.4, 0.5) is 0 Å². The molecule has 0 saturated carbocycles. The van der Waals surface area contributed by atoms with Crippen LogP contribution < -0.4 is 0 Å². The summed E-state index contributed by atoms with van der Waals surface area (Å²) in [5.41, 5.74) is 1.05. The van der Waals surface area contributed by atoms with E-state index in [-0.39, 0.29) is 6.73 Å². The molecule has 1 atom stereocenters. The largest absolute Gasteiger partial charge is 0.374 e. The van der Waals surface area contributed by atoms with Crippen LogP contribution in [0.5, 0.6) is 0 Å². The topological polar surface area (TPSA) is 50.9 Å². The minimum Gasteiger partial charge on any atom is -0.374 e. The van der Waals surface area contributed by atoms with Gasteiger partial charge in [0.2, 0.25) is 0 Å². The van der Waals surface area contributed by atoms with Gasteiger partial charge < -0.3 is 5.11 Å². The Morgan fingerprint density at radius 2 is 1.83 bits per heavy atom. The highest BCUT2D eigenvalue weighted by Crippen LogP contribution is 2.26. The quantitative estimate of drug-likeness (QED) is 0.649. The van der Waals surface area contributed by atoms with E-state index in [1.807, 2.05) is 6.20 Å². The van der Waals surface area contributed by atoms with Crippen molar-refractivity contribution in [3.8, 4) is 0 Å². The average molecular weight is 253 g/mol. The Morgan fingerprint density at radius 3 is 2.44 bits per heavy atom. The number of hydrogen-bond acceptors (Lipinski definition) is 3. The summed E-state index contributed by atoms with van der Waals surface area (Å²) in [4.78, 5) is 0. The minimum atomic E-state index is -0.0800. The molecule has 0 aromatic carbocycles. The molecule has 1 N–H and O–H groups in total. The van der Waals surface area contributed by atoms with E-state index < -0.39 is 0 Å². The van der Waals surface area contributed by atoms with Gasteiger partial charge in [-0.2, -0.15) is 0 Å². The van der Waals surface area contributed by atoms with E-state index in [2.05, 4.69) is 24.2 Å². The molecule has 104 valence electrons. The molecule has 1 aromatic rings. The average Bonchev–Trinajstić information content (AvgIpc) is 2.86. The second-order valence-corrected chi connectivity index (χ2v) is 5.01. The molecule has 0 saturated heterocycles. The fraction of sp³-hybridized carbons (Fsp3) is 0.857. The smallest absolute Gasteiger partial charge is 0.137 e. The molecule has 4 heteroatoms. The van der Waals surface area contributed by atoms with Crippen LogP contribution in [0.1, 0.15) is 76.8 Å². The van der Waals surface area contributed by atoms with Crippen molar-refractivity contribution in [3.63, 3.8) is 0 Å². The van der Waals surface area contributed by atoms with E-state index in [1.54, 1.807) is 0 Å². The van der Waals surface area contributed by atoms with Gasteiger partial charge in [0.05, 0.1) is 11.9 Å². The fourth-order valence-electron chi connectivity index (χ4n) is 2.28. The molecule has 1 heterocycles. The molecular weight excluding hydrogens is 226 g/mol. The summed E-state index contributed by atoms with van der Waals surface area (Å²) in [6.45, 7) is 4.38. The maximum absolute atomic E-state index is 9.02. The van der Waals surface area contributed by atoms with E-state index in [4.69, 9.17) is 5.11 Å². The molecular formula is C14H27N3O. The fourth-order valence-corrected chi connectivity index (χ4v) is 2.28. The summed E-state index contributed by atoms with van der Waals surface area (Å²) in [5, 5.41) is 17.1. The van der Waals surface area contributed by atoms with Crippen molar-refractivity contribution in [2.24, 2.45) is 0 Å². The number of aliphatic hydroxyl groups is 1. The second-order valence-electron chi connectivity index (χ2n) is 5.01. The van der Waals surface area contributed by atoms with Gasteiger partial charge in [0.15, 0.2) is 0 Å². The van der Waals surface area contributed by atoms with Gasteiger partial charge in [-0.15, -0.1) is 5.10 Å². The molecule has 0 aliphatic rings. The van der Waals surface area contributed by atoms with Crippen LogP contribution in [0.25, 0.3) is 0 Å². The first-order valence-electron chi connectivity index (χ1n) is 7.32. The van der Waals surface area contributed by atoms with E-state index in [0.29, 0.717) is 5.92 Å². The molecule has 0 spiro atoms. The lowest BCUT2D eigenvalue weighted by Crippen LogP contribution is -2.00. The Balaban J connectivity index is 2.48. The van der Waals surface area contributed by atoms with Gasteiger partial charge in [-0.25, -0.2) is 4.68 Å². The Labute approximate surface area is 110 Å². The molecule has 1 unspecified atom stereocenters. The van der Waals surface area contributed by atoms with Gasteiger partial charge >= 0.3 is 0 Å². The van der Waals surface area contributed by atoms with Crippen molar-refractivity contribution in [1.29, 1.82) is 0 Å². The lowest BCUT2D eigenvalue weighted by atomic mass is 9.93. The van der Waals surface area contributed by atoms with Crippen molar-refractivity contribution in [2.75, 3.05) is 0 Å². The summed E-state index contributed by atoms with van der Waals surface area (Å²) in [5.74, 6) is 0.516. The van der Waals surface area contributed by atoms with Crippen LogP contribution in [-0.4, -0.2) is 20.1 Å². The maximum Gasteiger partial charge on any atom is 0.137 e. The molecule has 1 aromatic heterocycles. The monoisotopic (exact) mass is 253 g/mol. The molecule has 1 rings (SSSR count). The van der Waals surface area contributed by atoms with E-state index in [9.17, 15) is 0 Å². The summed E-state index contributed by atoms with van der Waals surface area (Å²) >= 11 is 0. The molecule has 0 aliphatic heterocycles. The SMILES string of the molecule is CCCCCCC(CCCC)c1cn(CO)nn1. The Bertz CT molecular complexity index is 312. The third-order valence-electron chi connectivity index (χ3n) is 3.43. The van der Waals surface area contributed by atoms with Crippen molar-refractivity contribution in [1.82, 2.24) is 15.0 Å². The first kappa shape index (κ1) is 15.2. The highest BCUT2D eigenvalue weighted by Gasteiger charge is 2.14. The molecule has 18 heavy (non-hydrogen) atoms. The summed E-state index contributed by atoms with van der Waals surface area (Å²) in [6.07, 6.45) is 11.9. The highest BCUT2D eigenvalue weighted by molar-refractivity contribution is 5.01. The van der Waals surface area contributed by atoms with Crippen LogP contribution in [0, 0.1) is 0 Å². The molecule has 0 aliphatic carbocycles. The molecule has 0 bridgehead atoms. The Morgan fingerprint density at radius 1 is 1.11 bits per heavy atom. The molecule has 0 radical (unpaired) electrons. The van der Waals surface area contributed by atoms with Gasteiger partial charge in [0, 0.05) is 5.92 Å².